The SMILES string of the molecule is COc1ccccc1SCCC(C)(C)C(=N)N. The average molecular weight is 252 g/mol. The van der Waals surface area contributed by atoms with Crippen molar-refractivity contribution in [3.05, 3.63) is 24.3 Å². The van der Waals surface area contributed by atoms with Gasteiger partial charge in [-0.2, -0.15) is 0 Å². The molecule has 0 aliphatic heterocycles. The molecule has 0 spiro atoms. The van der Waals surface area contributed by atoms with Gasteiger partial charge in [0.2, 0.25) is 0 Å². The molecule has 0 fully saturated rings. The number of nitrogens with one attached hydrogen (secondary N) is 1. The number of hydrogen-bond donors (Lipinski definition) is 2. The molecule has 0 aromatic heterocycles. The lowest BCUT2D eigenvalue weighted by Crippen LogP contribution is -2.31. The van der Waals surface area contributed by atoms with Crippen molar-refractivity contribution in [1.82, 2.24) is 0 Å². The summed E-state index contributed by atoms with van der Waals surface area (Å²) in [5.41, 5.74) is 5.33. The van der Waals surface area contributed by atoms with Crippen LogP contribution in [0.15, 0.2) is 29.2 Å². The number of hydrogen-bond acceptors (Lipinski definition) is 3. The average Bonchev–Trinajstić information content (AvgIpc) is 2.29. The Morgan fingerprint density at radius 3 is 2.65 bits per heavy atom. The molecule has 0 saturated heterocycles. The minimum absolute atomic E-state index is 0.227. The maximum Gasteiger partial charge on any atom is 0.132 e. The molecule has 4 heteroatoms. The van der Waals surface area contributed by atoms with Crippen LogP contribution in [0.4, 0.5) is 0 Å². The minimum atomic E-state index is -0.227. The second-order valence-electron chi connectivity index (χ2n) is 4.55. The Hall–Kier alpha value is -1.16. The van der Waals surface area contributed by atoms with Crippen molar-refractivity contribution in [3.63, 3.8) is 0 Å². The lowest BCUT2D eigenvalue weighted by molar-refractivity contribution is 0.404. The van der Waals surface area contributed by atoms with Gasteiger partial charge in [0.15, 0.2) is 0 Å². The second kappa shape index (κ2) is 5.96. The Morgan fingerprint density at radius 1 is 1.41 bits per heavy atom. The molecule has 0 bridgehead atoms. The van der Waals surface area contributed by atoms with Crippen LogP contribution in [0.2, 0.25) is 0 Å². The van der Waals surface area contributed by atoms with Crippen molar-refractivity contribution in [3.8, 4) is 5.75 Å². The summed E-state index contributed by atoms with van der Waals surface area (Å²) in [7, 11) is 1.68. The van der Waals surface area contributed by atoms with E-state index in [1.165, 1.54) is 0 Å². The predicted molar refractivity (Wildman–Crippen MR) is 74.0 cm³/mol. The van der Waals surface area contributed by atoms with Crippen molar-refractivity contribution < 1.29 is 4.74 Å². The van der Waals surface area contributed by atoms with E-state index in [-0.39, 0.29) is 11.3 Å². The highest BCUT2D eigenvalue weighted by Gasteiger charge is 2.21. The Bertz CT molecular complexity index is 391. The van der Waals surface area contributed by atoms with E-state index in [0.717, 1.165) is 22.8 Å². The number of rotatable bonds is 6. The van der Waals surface area contributed by atoms with Gasteiger partial charge in [0.25, 0.3) is 0 Å². The Morgan fingerprint density at radius 2 is 2.06 bits per heavy atom. The molecule has 0 heterocycles. The molecule has 17 heavy (non-hydrogen) atoms. The number of para-hydroxylation sites is 1. The second-order valence-corrected chi connectivity index (χ2v) is 5.68. The number of nitrogens with two attached hydrogens (primary N) is 1. The first-order chi connectivity index (χ1) is 7.97. The third-order valence-corrected chi connectivity index (χ3v) is 3.84. The summed E-state index contributed by atoms with van der Waals surface area (Å²) in [4.78, 5) is 1.13. The lowest BCUT2D eigenvalue weighted by Gasteiger charge is -2.22. The van der Waals surface area contributed by atoms with Crippen molar-refractivity contribution in [1.29, 1.82) is 5.41 Å². The molecule has 94 valence electrons. The molecular weight excluding hydrogens is 232 g/mol. The molecular formula is C13H20N2OS. The quantitative estimate of drug-likeness (QED) is 0.464. The van der Waals surface area contributed by atoms with Crippen LogP contribution in [0.25, 0.3) is 0 Å². The van der Waals surface area contributed by atoms with Crippen LogP contribution >= 0.6 is 11.8 Å². The maximum absolute atomic E-state index is 7.50. The zero-order chi connectivity index (χ0) is 12.9. The maximum atomic E-state index is 7.50. The molecule has 1 aromatic carbocycles. The zero-order valence-corrected chi connectivity index (χ0v) is 11.4. The molecule has 0 aliphatic carbocycles. The van der Waals surface area contributed by atoms with Gasteiger partial charge in [0, 0.05) is 10.3 Å². The largest absolute Gasteiger partial charge is 0.496 e. The molecule has 3 N–H and O–H groups in total. The van der Waals surface area contributed by atoms with Crippen LogP contribution in [-0.4, -0.2) is 18.7 Å². The topological polar surface area (TPSA) is 59.1 Å². The number of thioether (sulfide) groups is 1. The molecule has 3 nitrogen and oxygen atoms in total. The highest BCUT2D eigenvalue weighted by molar-refractivity contribution is 7.99. The normalized spacial score (nSPS) is 11.2. The van der Waals surface area contributed by atoms with Gasteiger partial charge in [-0.05, 0) is 24.3 Å². The van der Waals surface area contributed by atoms with Gasteiger partial charge >= 0.3 is 0 Å². The summed E-state index contributed by atoms with van der Waals surface area (Å²) in [6, 6.07) is 7.96. The van der Waals surface area contributed by atoms with E-state index in [9.17, 15) is 0 Å². The molecule has 1 rings (SSSR count). The Kier molecular flexibility index (Phi) is 4.87. The number of methoxy groups -OCH3 is 1. The Labute approximate surface area is 107 Å². The monoisotopic (exact) mass is 252 g/mol. The van der Waals surface area contributed by atoms with E-state index in [2.05, 4.69) is 0 Å². The number of ether oxygens (including phenoxy) is 1. The lowest BCUT2D eigenvalue weighted by atomic mass is 9.89. The van der Waals surface area contributed by atoms with Crippen LogP contribution in [0, 0.1) is 10.8 Å². The molecule has 0 amide bonds. The summed E-state index contributed by atoms with van der Waals surface area (Å²) in [5, 5.41) is 7.50. The third-order valence-electron chi connectivity index (χ3n) is 2.78. The third kappa shape index (κ3) is 3.97. The van der Waals surface area contributed by atoms with Crippen LogP contribution < -0.4 is 10.5 Å². The van der Waals surface area contributed by atoms with Gasteiger partial charge < -0.3 is 10.5 Å². The first kappa shape index (κ1) is 13.9. The van der Waals surface area contributed by atoms with Gasteiger partial charge in [-0.25, -0.2) is 0 Å². The number of benzene rings is 1. The molecule has 1 aromatic rings. The van der Waals surface area contributed by atoms with Gasteiger partial charge in [0.1, 0.15) is 5.75 Å². The molecule has 0 atom stereocenters. The van der Waals surface area contributed by atoms with E-state index in [4.69, 9.17) is 15.9 Å². The number of amidine groups is 1. The van der Waals surface area contributed by atoms with Gasteiger partial charge in [-0.1, -0.05) is 26.0 Å². The van der Waals surface area contributed by atoms with E-state index in [1.54, 1.807) is 18.9 Å². The smallest absolute Gasteiger partial charge is 0.132 e. The highest BCUT2D eigenvalue weighted by atomic mass is 32.2. The van der Waals surface area contributed by atoms with Gasteiger partial charge in [-0.3, -0.25) is 5.41 Å². The first-order valence-corrected chi connectivity index (χ1v) is 6.56. The van der Waals surface area contributed by atoms with Crippen molar-refractivity contribution >= 4 is 17.6 Å². The zero-order valence-electron chi connectivity index (χ0n) is 10.6. The van der Waals surface area contributed by atoms with E-state index in [1.807, 2.05) is 38.1 Å². The summed E-state index contributed by atoms with van der Waals surface area (Å²) < 4.78 is 5.29. The Balaban J connectivity index is 2.54. The van der Waals surface area contributed by atoms with E-state index in [0.29, 0.717) is 0 Å². The summed E-state index contributed by atoms with van der Waals surface area (Å²) in [5.74, 6) is 2.07. The van der Waals surface area contributed by atoms with Gasteiger partial charge in [0.05, 0.1) is 12.9 Å². The van der Waals surface area contributed by atoms with E-state index < -0.39 is 0 Å². The van der Waals surface area contributed by atoms with E-state index >= 15 is 0 Å². The summed E-state index contributed by atoms with van der Waals surface area (Å²) >= 11 is 1.74. The fourth-order valence-corrected chi connectivity index (χ4v) is 2.59. The summed E-state index contributed by atoms with van der Waals surface area (Å²) in [6.45, 7) is 4.00. The first-order valence-electron chi connectivity index (χ1n) is 5.57. The van der Waals surface area contributed by atoms with Crippen LogP contribution in [0.1, 0.15) is 20.3 Å². The standard InChI is InChI=1S/C13H20N2OS/c1-13(2,12(14)15)8-9-17-11-7-5-4-6-10(11)16-3/h4-7H,8-9H2,1-3H3,(H3,14,15). The summed E-state index contributed by atoms with van der Waals surface area (Å²) in [6.07, 6.45) is 0.880. The van der Waals surface area contributed by atoms with Crippen molar-refractivity contribution in [2.24, 2.45) is 11.1 Å². The molecule has 0 saturated carbocycles. The minimum Gasteiger partial charge on any atom is -0.496 e. The van der Waals surface area contributed by atoms with Gasteiger partial charge in [-0.15, -0.1) is 11.8 Å². The molecule has 0 unspecified atom stereocenters. The molecule has 0 aliphatic rings. The molecule has 0 radical (unpaired) electrons. The predicted octanol–water partition coefficient (Wildman–Crippen LogP) is 3.14. The van der Waals surface area contributed by atoms with Crippen LogP contribution in [-0.2, 0) is 0 Å². The van der Waals surface area contributed by atoms with Crippen LogP contribution in [0.5, 0.6) is 5.75 Å². The fraction of sp³-hybridized carbons (Fsp3) is 0.462. The fourth-order valence-electron chi connectivity index (χ4n) is 1.29. The highest BCUT2D eigenvalue weighted by Crippen LogP contribution is 2.31. The van der Waals surface area contributed by atoms with Crippen LogP contribution in [0.3, 0.4) is 0 Å². The van der Waals surface area contributed by atoms with Crippen molar-refractivity contribution in [2.45, 2.75) is 25.2 Å². The van der Waals surface area contributed by atoms with Crippen molar-refractivity contribution in [2.75, 3.05) is 12.9 Å².